The normalized spacial score (nSPS) is 18.6. The van der Waals surface area contributed by atoms with Gasteiger partial charge in [0.25, 0.3) is 5.91 Å². The zero-order valence-corrected chi connectivity index (χ0v) is 20.4. The molecule has 0 saturated carbocycles. The zero-order chi connectivity index (χ0) is 24.1. The van der Waals surface area contributed by atoms with E-state index >= 15 is 0 Å². The summed E-state index contributed by atoms with van der Waals surface area (Å²) in [6.07, 6.45) is 5.65. The van der Waals surface area contributed by atoms with Gasteiger partial charge in [-0.25, -0.2) is 4.79 Å². The minimum atomic E-state index is -0.729. The van der Waals surface area contributed by atoms with Crippen LogP contribution in [0.1, 0.15) is 37.8 Å². The van der Waals surface area contributed by atoms with Crippen molar-refractivity contribution < 1.29 is 14.3 Å². The molecule has 0 bridgehead atoms. The van der Waals surface area contributed by atoms with Crippen LogP contribution in [0.25, 0.3) is 6.08 Å². The van der Waals surface area contributed by atoms with Gasteiger partial charge in [-0.3, -0.25) is 14.6 Å². The number of ether oxygens (including phenoxy) is 1. The van der Waals surface area contributed by atoms with Gasteiger partial charge >= 0.3 is 6.03 Å². The molecule has 2 heterocycles. The number of carbonyl (C=O) groups is 2. The van der Waals surface area contributed by atoms with Crippen LogP contribution in [0.3, 0.4) is 0 Å². The van der Waals surface area contributed by atoms with E-state index < -0.39 is 5.54 Å². The van der Waals surface area contributed by atoms with E-state index in [1.807, 2.05) is 47.4 Å². The number of carbonyl (C=O) groups excluding carboxylic acids is 2. The Morgan fingerprint density at radius 3 is 2.29 bits per heavy atom. The maximum Gasteiger partial charge on any atom is 0.327 e. The summed E-state index contributed by atoms with van der Waals surface area (Å²) in [7, 11) is 1.62. The summed E-state index contributed by atoms with van der Waals surface area (Å²) in [4.78, 5) is 32.8. The van der Waals surface area contributed by atoms with Crippen LogP contribution in [0.5, 0.6) is 5.75 Å². The Morgan fingerprint density at radius 1 is 1.00 bits per heavy atom. The molecule has 0 aromatic heterocycles. The molecular weight excluding hydrogens is 426 g/mol. The molecule has 2 aromatic rings. The van der Waals surface area contributed by atoms with Gasteiger partial charge in [-0.1, -0.05) is 68.5 Å². The standard InChI is InChI=1S/C28H35N3O3/c1-22(2)20-31-27(33)30(21-24-11-13-25(34-3)14-12-24)26(32)28(31)15-18-29(19-16-28)17-7-10-23-8-5-4-6-9-23/h4-14,22H,15-21H2,1-3H3/b10-7+. The Morgan fingerprint density at radius 2 is 1.68 bits per heavy atom. The zero-order valence-electron chi connectivity index (χ0n) is 20.4. The van der Waals surface area contributed by atoms with Gasteiger partial charge in [0.05, 0.1) is 13.7 Å². The first-order valence-electron chi connectivity index (χ1n) is 12.1. The minimum Gasteiger partial charge on any atom is -0.497 e. The summed E-state index contributed by atoms with van der Waals surface area (Å²) in [5.74, 6) is 1.00. The van der Waals surface area contributed by atoms with Crippen molar-refractivity contribution in [2.24, 2.45) is 5.92 Å². The molecule has 0 atom stereocenters. The molecule has 2 saturated heterocycles. The number of piperidine rings is 1. The average molecular weight is 462 g/mol. The van der Waals surface area contributed by atoms with Gasteiger partial charge in [-0.05, 0) is 42.0 Å². The van der Waals surface area contributed by atoms with Gasteiger partial charge in [0.15, 0.2) is 0 Å². The van der Waals surface area contributed by atoms with Crippen molar-refractivity contribution in [3.63, 3.8) is 0 Å². The summed E-state index contributed by atoms with van der Waals surface area (Å²) in [5, 5.41) is 0. The maximum absolute atomic E-state index is 13.7. The molecule has 0 unspecified atom stereocenters. The predicted octanol–water partition coefficient (Wildman–Crippen LogP) is 4.66. The second-order valence-corrected chi connectivity index (χ2v) is 9.67. The average Bonchev–Trinajstić information content (AvgIpc) is 3.03. The second-order valence-electron chi connectivity index (χ2n) is 9.67. The molecule has 180 valence electrons. The molecule has 2 aliphatic rings. The van der Waals surface area contributed by atoms with Gasteiger partial charge in [0.1, 0.15) is 11.3 Å². The van der Waals surface area contributed by atoms with Crippen LogP contribution in [0.15, 0.2) is 60.7 Å². The highest BCUT2D eigenvalue weighted by molar-refractivity contribution is 6.07. The lowest BCUT2D eigenvalue weighted by atomic mass is 9.85. The van der Waals surface area contributed by atoms with Crippen LogP contribution in [0.4, 0.5) is 4.79 Å². The van der Waals surface area contributed by atoms with Crippen molar-refractivity contribution in [3.8, 4) is 5.75 Å². The molecular formula is C28H35N3O3. The third-order valence-electron chi connectivity index (χ3n) is 6.83. The third-order valence-corrected chi connectivity index (χ3v) is 6.83. The minimum absolute atomic E-state index is 0.0477. The molecule has 6 heteroatoms. The number of urea groups is 1. The third kappa shape index (κ3) is 5.02. The largest absolute Gasteiger partial charge is 0.497 e. The van der Waals surface area contributed by atoms with Crippen molar-refractivity contribution in [2.75, 3.05) is 33.3 Å². The molecule has 2 aliphatic heterocycles. The van der Waals surface area contributed by atoms with Crippen LogP contribution in [0.2, 0.25) is 0 Å². The molecule has 0 radical (unpaired) electrons. The fourth-order valence-electron chi connectivity index (χ4n) is 4.94. The monoisotopic (exact) mass is 461 g/mol. The molecule has 1 spiro atoms. The highest BCUT2D eigenvalue weighted by Crippen LogP contribution is 2.38. The number of likely N-dealkylation sites (tertiary alicyclic amines) is 1. The van der Waals surface area contributed by atoms with Crippen molar-refractivity contribution in [2.45, 2.75) is 38.8 Å². The van der Waals surface area contributed by atoms with E-state index in [-0.39, 0.29) is 11.9 Å². The Balaban J connectivity index is 1.45. The molecule has 0 aliphatic carbocycles. The van der Waals surface area contributed by atoms with Crippen molar-refractivity contribution in [1.82, 2.24) is 14.7 Å². The number of nitrogens with zero attached hydrogens (tertiary/aromatic N) is 3. The summed E-state index contributed by atoms with van der Waals surface area (Å²) in [6, 6.07) is 17.7. The van der Waals surface area contributed by atoms with E-state index in [0.29, 0.717) is 31.8 Å². The van der Waals surface area contributed by atoms with E-state index in [0.717, 1.165) is 30.9 Å². The first-order chi connectivity index (χ1) is 16.4. The topological polar surface area (TPSA) is 53.1 Å². The highest BCUT2D eigenvalue weighted by Gasteiger charge is 2.57. The molecule has 4 rings (SSSR count). The number of methoxy groups -OCH3 is 1. The fraction of sp³-hybridized carbons (Fsp3) is 0.429. The number of imide groups is 1. The van der Waals surface area contributed by atoms with Crippen LogP contribution in [0, 0.1) is 5.92 Å². The van der Waals surface area contributed by atoms with Crippen LogP contribution < -0.4 is 4.74 Å². The molecule has 0 N–H and O–H groups in total. The lowest BCUT2D eigenvalue weighted by molar-refractivity contribution is -0.136. The predicted molar refractivity (Wildman–Crippen MR) is 134 cm³/mol. The van der Waals surface area contributed by atoms with Crippen LogP contribution >= 0.6 is 0 Å². The first kappa shape index (κ1) is 24.0. The van der Waals surface area contributed by atoms with Crippen molar-refractivity contribution in [3.05, 3.63) is 71.8 Å². The lowest BCUT2D eigenvalue weighted by Gasteiger charge is -2.42. The van der Waals surface area contributed by atoms with Gasteiger partial charge in [0.2, 0.25) is 0 Å². The second kappa shape index (κ2) is 10.4. The Labute approximate surface area is 202 Å². The number of amides is 3. The molecule has 2 fully saturated rings. The molecule has 6 nitrogen and oxygen atoms in total. The van der Waals surface area contributed by atoms with Crippen molar-refractivity contribution in [1.29, 1.82) is 0 Å². The highest BCUT2D eigenvalue weighted by atomic mass is 16.5. The lowest BCUT2D eigenvalue weighted by Crippen LogP contribution is -2.57. The van der Waals surface area contributed by atoms with Gasteiger partial charge in [-0.15, -0.1) is 0 Å². The Kier molecular flexibility index (Phi) is 7.37. The van der Waals surface area contributed by atoms with Crippen molar-refractivity contribution >= 4 is 18.0 Å². The fourth-order valence-corrected chi connectivity index (χ4v) is 4.94. The summed E-state index contributed by atoms with van der Waals surface area (Å²) >= 11 is 0. The van der Waals surface area contributed by atoms with Gasteiger partial charge in [0, 0.05) is 26.2 Å². The molecule has 34 heavy (non-hydrogen) atoms. The van der Waals surface area contributed by atoms with E-state index in [1.54, 1.807) is 7.11 Å². The van der Waals surface area contributed by atoms with E-state index in [4.69, 9.17) is 4.74 Å². The smallest absolute Gasteiger partial charge is 0.327 e. The quantitative estimate of drug-likeness (QED) is 0.537. The van der Waals surface area contributed by atoms with Gasteiger partial charge in [-0.2, -0.15) is 0 Å². The summed E-state index contributed by atoms with van der Waals surface area (Å²) in [6.45, 7) is 7.51. The summed E-state index contributed by atoms with van der Waals surface area (Å²) < 4.78 is 5.23. The molecule has 3 amide bonds. The Hall–Kier alpha value is -3.12. The Bertz CT molecular complexity index is 1010. The number of hydrogen-bond donors (Lipinski definition) is 0. The number of benzene rings is 2. The maximum atomic E-state index is 13.7. The molecule has 2 aromatic carbocycles. The van der Waals surface area contributed by atoms with E-state index in [2.05, 4.69) is 43.0 Å². The number of hydrogen-bond acceptors (Lipinski definition) is 4. The van der Waals surface area contributed by atoms with Crippen LogP contribution in [-0.4, -0.2) is 65.5 Å². The van der Waals surface area contributed by atoms with E-state index in [9.17, 15) is 9.59 Å². The van der Waals surface area contributed by atoms with Crippen LogP contribution in [-0.2, 0) is 11.3 Å². The van der Waals surface area contributed by atoms with Gasteiger partial charge < -0.3 is 9.64 Å². The first-order valence-corrected chi connectivity index (χ1v) is 12.1. The SMILES string of the molecule is COc1ccc(CN2C(=O)N(CC(C)C)C3(CCN(C/C=C/c4ccccc4)CC3)C2=O)cc1. The summed E-state index contributed by atoms with van der Waals surface area (Å²) in [5.41, 5.74) is 1.38. The number of rotatable bonds is 8. The van der Waals surface area contributed by atoms with E-state index in [1.165, 1.54) is 10.5 Å².